The van der Waals surface area contributed by atoms with Crippen LogP contribution in [-0.2, 0) is 9.59 Å². The van der Waals surface area contributed by atoms with Crippen LogP contribution in [0, 0.1) is 0 Å². The number of carbonyl (C=O) groups excluding carboxylic acids is 3. The molecule has 1 aromatic heterocycles. The van der Waals surface area contributed by atoms with Crippen LogP contribution in [0.3, 0.4) is 0 Å². The number of thiophene rings is 1. The SMILES string of the molecule is CCNC(=O)CN1CCN(C(=O)CCNC(=O)c2cccs2)CC1. The predicted molar refractivity (Wildman–Crippen MR) is 93.0 cm³/mol. The highest BCUT2D eigenvalue weighted by atomic mass is 32.1. The molecule has 0 radical (unpaired) electrons. The Bertz CT molecular complexity index is 554. The van der Waals surface area contributed by atoms with Gasteiger partial charge >= 0.3 is 0 Å². The van der Waals surface area contributed by atoms with Crippen molar-refractivity contribution in [1.29, 1.82) is 0 Å². The second-order valence-electron chi connectivity index (χ2n) is 5.59. The van der Waals surface area contributed by atoms with E-state index in [9.17, 15) is 14.4 Å². The maximum Gasteiger partial charge on any atom is 0.261 e. The van der Waals surface area contributed by atoms with Crippen molar-refractivity contribution in [2.45, 2.75) is 13.3 Å². The minimum atomic E-state index is -0.135. The van der Waals surface area contributed by atoms with Crippen molar-refractivity contribution in [2.24, 2.45) is 0 Å². The summed E-state index contributed by atoms with van der Waals surface area (Å²) in [6.45, 7) is 5.89. The van der Waals surface area contributed by atoms with Crippen LogP contribution in [-0.4, -0.2) is 73.3 Å². The number of hydrogen-bond donors (Lipinski definition) is 2. The van der Waals surface area contributed by atoms with Gasteiger partial charge in [0.05, 0.1) is 11.4 Å². The van der Waals surface area contributed by atoms with Crippen LogP contribution < -0.4 is 10.6 Å². The number of piperazine rings is 1. The minimum absolute atomic E-state index is 0.0218. The van der Waals surface area contributed by atoms with Gasteiger partial charge in [-0.15, -0.1) is 11.3 Å². The Labute approximate surface area is 146 Å². The average Bonchev–Trinajstić information content (AvgIpc) is 3.10. The third-order valence-corrected chi connectivity index (χ3v) is 4.70. The highest BCUT2D eigenvalue weighted by Gasteiger charge is 2.22. The van der Waals surface area contributed by atoms with Gasteiger partial charge < -0.3 is 15.5 Å². The van der Waals surface area contributed by atoms with Crippen molar-refractivity contribution in [3.8, 4) is 0 Å². The molecule has 1 aliphatic heterocycles. The van der Waals surface area contributed by atoms with Crippen LogP contribution >= 0.6 is 11.3 Å². The maximum atomic E-state index is 12.2. The van der Waals surface area contributed by atoms with Gasteiger partial charge in [0.15, 0.2) is 0 Å². The Balaban J connectivity index is 1.64. The van der Waals surface area contributed by atoms with Gasteiger partial charge in [-0.2, -0.15) is 0 Å². The number of carbonyl (C=O) groups is 3. The summed E-state index contributed by atoms with van der Waals surface area (Å²) < 4.78 is 0. The third kappa shape index (κ3) is 5.61. The van der Waals surface area contributed by atoms with E-state index in [0.717, 1.165) is 0 Å². The fourth-order valence-corrected chi connectivity index (χ4v) is 3.19. The zero-order valence-corrected chi connectivity index (χ0v) is 14.7. The van der Waals surface area contributed by atoms with Crippen LogP contribution in [0.25, 0.3) is 0 Å². The Hall–Kier alpha value is -1.93. The summed E-state index contributed by atoms with van der Waals surface area (Å²) in [4.78, 5) is 40.0. The molecule has 24 heavy (non-hydrogen) atoms. The quantitative estimate of drug-likeness (QED) is 0.732. The fourth-order valence-electron chi connectivity index (χ4n) is 2.55. The average molecular weight is 352 g/mol. The zero-order chi connectivity index (χ0) is 17.4. The highest BCUT2D eigenvalue weighted by molar-refractivity contribution is 7.12. The predicted octanol–water partition coefficient (Wildman–Crippen LogP) is 0.148. The Morgan fingerprint density at radius 2 is 1.92 bits per heavy atom. The number of likely N-dealkylation sites (N-methyl/N-ethyl adjacent to an activating group) is 1. The summed E-state index contributed by atoms with van der Waals surface area (Å²) in [5.41, 5.74) is 0. The van der Waals surface area contributed by atoms with E-state index in [0.29, 0.717) is 57.1 Å². The largest absolute Gasteiger partial charge is 0.355 e. The maximum absolute atomic E-state index is 12.2. The minimum Gasteiger partial charge on any atom is -0.355 e. The lowest BCUT2D eigenvalue weighted by Crippen LogP contribution is -2.51. The lowest BCUT2D eigenvalue weighted by atomic mass is 10.2. The number of hydrogen-bond acceptors (Lipinski definition) is 5. The van der Waals surface area contributed by atoms with Gasteiger partial charge in [-0.05, 0) is 18.4 Å². The first-order valence-electron chi connectivity index (χ1n) is 8.18. The van der Waals surface area contributed by atoms with Crippen molar-refractivity contribution >= 4 is 29.1 Å². The van der Waals surface area contributed by atoms with E-state index in [1.165, 1.54) is 11.3 Å². The molecule has 0 aliphatic carbocycles. The molecule has 132 valence electrons. The Morgan fingerprint density at radius 3 is 2.54 bits per heavy atom. The second kappa shape index (κ2) is 9.39. The number of nitrogens with zero attached hydrogens (tertiary/aromatic N) is 2. The number of rotatable bonds is 7. The molecule has 0 bridgehead atoms. The van der Waals surface area contributed by atoms with Crippen molar-refractivity contribution < 1.29 is 14.4 Å². The van der Waals surface area contributed by atoms with Gasteiger partial charge in [0, 0.05) is 45.7 Å². The van der Waals surface area contributed by atoms with Crippen molar-refractivity contribution in [3.63, 3.8) is 0 Å². The molecule has 0 atom stereocenters. The lowest BCUT2D eigenvalue weighted by molar-refractivity contribution is -0.133. The van der Waals surface area contributed by atoms with E-state index in [1.54, 1.807) is 11.0 Å². The van der Waals surface area contributed by atoms with E-state index in [-0.39, 0.29) is 17.7 Å². The third-order valence-electron chi connectivity index (χ3n) is 3.84. The molecule has 2 N–H and O–H groups in total. The summed E-state index contributed by atoms with van der Waals surface area (Å²) in [6.07, 6.45) is 0.299. The molecule has 7 nitrogen and oxygen atoms in total. The Kier molecular flexibility index (Phi) is 7.20. The van der Waals surface area contributed by atoms with Crippen LogP contribution in [0.1, 0.15) is 23.0 Å². The van der Waals surface area contributed by atoms with Crippen LogP contribution in [0.4, 0.5) is 0 Å². The van der Waals surface area contributed by atoms with Gasteiger partial charge in [-0.25, -0.2) is 0 Å². The lowest BCUT2D eigenvalue weighted by Gasteiger charge is -2.34. The zero-order valence-electron chi connectivity index (χ0n) is 13.9. The summed E-state index contributed by atoms with van der Waals surface area (Å²) in [6, 6.07) is 3.58. The smallest absolute Gasteiger partial charge is 0.261 e. The van der Waals surface area contributed by atoms with Gasteiger partial charge in [-0.1, -0.05) is 6.07 Å². The highest BCUT2D eigenvalue weighted by Crippen LogP contribution is 2.08. The van der Waals surface area contributed by atoms with Gasteiger partial charge in [-0.3, -0.25) is 19.3 Å². The second-order valence-corrected chi connectivity index (χ2v) is 6.54. The Morgan fingerprint density at radius 1 is 1.17 bits per heavy atom. The van der Waals surface area contributed by atoms with Gasteiger partial charge in [0.1, 0.15) is 0 Å². The van der Waals surface area contributed by atoms with Crippen molar-refractivity contribution in [3.05, 3.63) is 22.4 Å². The molecule has 0 spiro atoms. The van der Waals surface area contributed by atoms with E-state index >= 15 is 0 Å². The molecule has 8 heteroatoms. The van der Waals surface area contributed by atoms with Crippen LogP contribution in [0.5, 0.6) is 0 Å². The molecule has 1 aromatic rings. The summed E-state index contributed by atoms with van der Waals surface area (Å²) in [5, 5.41) is 7.39. The molecular formula is C16H24N4O3S. The van der Waals surface area contributed by atoms with E-state index in [2.05, 4.69) is 10.6 Å². The molecule has 1 aliphatic rings. The first-order valence-corrected chi connectivity index (χ1v) is 9.06. The first-order chi connectivity index (χ1) is 11.6. The van der Waals surface area contributed by atoms with Crippen LogP contribution in [0.2, 0.25) is 0 Å². The topological polar surface area (TPSA) is 81.8 Å². The molecule has 2 heterocycles. The summed E-state index contributed by atoms with van der Waals surface area (Å²) >= 11 is 1.38. The molecule has 0 saturated carbocycles. The standard InChI is InChI=1S/C16H24N4O3S/c1-2-17-14(21)12-19-7-9-20(10-8-19)15(22)5-6-18-16(23)13-4-3-11-24-13/h3-4,11H,2,5-10,12H2,1H3,(H,17,21)(H,18,23). The molecule has 0 unspecified atom stereocenters. The molecule has 1 fully saturated rings. The molecule has 1 saturated heterocycles. The molecule has 2 rings (SSSR count). The molecule has 0 aromatic carbocycles. The van der Waals surface area contributed by atoms with Crippen LogP contribution in [0.15, 0.2) is 17.5 Å². The monoisotopic (exact) mass is 352 g/mol. The van der Waals surface area contributed by atoms with E-state index in [4.69, 9.17) is 0 Å². The first kappa shape index (κ1) is 18.4. The van der Waals surface area contributed by atoms with Crippen molar-refractivity contribution in [1.82, 2.24) is 20.4 Å². The van der Waals surface area contributed by atoms with Crippen molar-refractivity contribution in [2.75, 3.05) is 45.8 Å². The van der Waals surface area contributed by atoms with Gasteiger partial charge in [0.2, 0.25) is 11.8 Å². The number of nitrogens with one attached hydrogen (secondary N) is 2. The fraction of sp³-hybridized carbons (Fsp3) is 0.562. The summed E-state index contributed by atoms with van der Waals surface area (Å²) in [7, 11) is 0. The van der Waals surface area contributed by atoms with E-state index in [1.807, 2.05) is 23.3 Å². The molecule has 3 amide bonds. The summed E-state index contributed by atoms with van der Waals surface area (Å²) in [5.74, 6) is -0.0720. The molecular weight excluding hydrogens is 328 g/mol. The van der Waals surface area contributed by atoms with E-state index < -0.39 is 0 Å². The normalized spacial score (nSPS) is 15.1. The number of amides is 3. The van der Waals surface area contributed by atoms with Gasteiger partial charge in [0.25, 0.3) is 5.91 Å².